The zero-order valence-electron chi connectivity index (χ0n) is 20.5. The highest BCUT2D eigenvalue weighted by Gasteiger charge is 2.46. The number of carbonyl (C=O) groups is 2. The number of likely N-dealkylation sites (tertiary alicyclic amines) is 1. The third-order valence-corrected chi connectivity index (χ3v) is 6.33. The smallest absolute Gasteiger partial charge is 0.295 e. The molecule has 3 aromatic rings. The van der Waals surface area contributed by atoms with Crippen LogP contribution in [0.1, 0.15) is 29.7 Å². The number of hydrogen-bond donors (Lipinski definition) is 1. The van der Waals surface area contributed by atoms with Gasteiger partial charge in [-0.2, -0.15) is 0 Å². The standard InChI is InChI=1S/C28H25ClFNO6/c1-4-37-23-14-17(7-12-22(23)36-3)25-24(26(32)18-8-11-21(35-2)20(29)13-18)27(33)28(34)31(25)15-16-5-9-19(30)10-6-16/h5-14,25,32H,4,15H2,1-3H3/b26-24-. The summed E-state index contributed by atoms with van der Waals surface area (Å²) in [6.07, 6.45) is 0. The molecule has 0 bridgehead atoms. The Balaban J connectivity index is 1.89. The minimum absolute atomic E-state index is 0.00562. The zero-order valence-corrected chi connectivity index (χ0v) is 21.2. The monoisotopic (exact) mass is 525 g/mol. The second kappa shape index (κ2) is 10.9. The lowest BCUT2D eigenvalue weighted by Crippen LogP contribution is -2.29. The van der Waals surface area contributed by atoms with Crippen molar-refractivity contribution in [3.63, 3.8) is 0 Å². The van der Waals surface area contributed by atoms with E-state index in [9.17, 15) is 19.1 Å². The molecule has 3 aromatic carbocycles. The third kappa shape index (κ3) is 5.11. The normalized spacial score (nSPS) is 16.7. The Bertz CT molecular complexity index is 1370. The summed E-state index contributed by atoms with van der Waals surface area (Å²) in [5.74, 6) is -1.18. The lowest BCUT2D eigenvalue weighted by Gasteiger charge is -2.26. The fourth-order valence-corrected chi connectivity index (χ4v) is 4.53. The molecule has 37 heavy (non-hydrogen) atoms. The first-order valence-electron chi connectivity index (χ1n) is 11.5. The van der Waals surface area contributed by atoms with Crippen molar-refractivity contribution in [2.75, 3.05) is 20.8 Å². The highest BCUT2D eigenvalue weighted by molar-refractivity contribution is 6.46. The summed E-state index contributed by atoms with van der Waals surface area (Å²) in [7, 11) is 2.97. The fraction of sp³-hybridized carbons (Fsp3) is 0.214. The summed E-state index contributed by atoms with van der Waals surface area (Å²) in [5, 5.41) is 11.5. The predicted octanol–water partition coefficient (Wildman–Crippen LogP) is 5.52. The lowest BCUT2D eigenvalue weighted by atomic mass is 9.94. The number of Topliss-reactive ketones (excluding diaryl/α,β-unsaturated/α-hetero) is 1. The molecule has 1 heterocycles. The summed E-state index contributed by atoms with van der Waals surface area (Å²) in [6.45, 7) is 2.19. The van der Waals surface area contributed by atoms with Crippen LogP contribution in [0.3, 0.4) is 0 Å². The number of methoxy groups -OCH3 is 2. The lowest BCUT2D eigenvalue weighted by molar-refractivity contribution is -0.140. The first-order valence-corrected chi connectivity index (χ1v) is 11.8. The number of ketones is 1. The quantitative estimate of drug-likeness (QED) is 0.237. The van der Waals surface area contributed by atoms with Crippen LogP contribution in [0.2, 0.25) is 5.02 Å². The summed E-state index contributed by atoms with van der Waals surface area (Å²) in [6, 6.07) is 14.3. The van der Waals surface area contributed by atoms with Gasteiger partial charge in [-0.05, 0) is 60.5 Å². The minimum atomic E-state index is -0.962. The molecule has 1 N–H and O–H groups in total. The van der Waals surface area contributed by atoms with Crippen molar-refractivity contribution in [2.24, 2.45) is 0 Å². The van der Waals surface area contributed by atoms with Crippen LogP contribution in [-0.2, 0) is 16.1 Å². The minimum Gasteiger partial charge on any atom is -0.507 e. The molecule has 1 aliphatic rings. The molecule has 1 saturated heterocycles. The van der Waals surface area contributed by atoms with Crippen LogP contribution in [0.15, 0.2) is 66.2 Å². The van der Waals surface area contributed by atoms with E-state index in [1.165, 1.54) is 49.5 Å². The maximum absolute atomic E-state index is 13.5. The van der Waals surface area contributed by atoms with Gasteiger partial charge in [0.1, 0.15) is 17.3 Å². The van der Waals surface area contributed by atoms with Gasteiger partial charge in [-0.15, -0.1) is 0 Å². The van der Waals surface area contributed by atoms with Gasteiger partial charge in [-0.3, -0.25) is 9.59 Å². The summed E-state index contributed by atoms with van der Waals surface area (Å²) >= 11 is 6.25. The number of aliphatic hydroxyl groups is 1. The Morgan fingerprint density at radius 2 is 1.65 bits per heavy atom. The summed E-state index contributed by atoms with van der Waals surface area (Å²) in [4.78, 5) is 27.9. The van der Waals surface area contributed by atoms with Crippen LogP contribution >= 0.6 is 11.6 Å². The molecule has 1 atom stereocenters. The number of hydrogen-bond acceptors (Lipinski definition) is 6. The SMILES string of the molecule is CCOc1cc(C2/C(=C(/O)c3ccc(OC)c(Cl)c3)C(=O)C(=O)N2Cc2ccc(F)cc2)ccc1OC. The van der Waals surface area contributed by atoms with Crippen LogP contribution in [0.25, 0.3) is 5.76 Å². The van der Waals surface area contributed by atoms with Crippen molar-refractivity contribution >= 4 is 29.1 Å². The fourth-order valence-electron chi connectivity index (χ4n) is 4.28. The van der Waals surface area contributed by atoms with Gasteiger partial charge in [-0.1, -0.05) is 29.8 Å². The Morgan fingerprint density at radius 1 is 0.973 bits per heavy atom. The maximum atomic E-state index is 13.5. The second-order valence-corrected chi connectivity index (χ2v) is 8.65. The Hall–Kier alpha value is -4.04. The number of aliphatic hydroxyl groups excluding tert-OH is 1. The van der Waals surface area contributed by atoms with Gasteiger partial charge in [0, 0.05) is 12.1 Å². The van der Waals surface area contributed by atoms with Crippen LogP contribution < -0.4 is 14.2 Å². The molecule has 0 spiro atoms. The number of carbonyl (C=O) groups excluding carboxylic acids is 2. The van der Waals surface area contributed by atoms with E-state index in [4.69, 9.17) is 25.8 Å². The molecular weight excluding hydrogens is 501 g/mol. The van der Waals surface area contributed by atoms with E-state index in [1.807, 2.05) is 6.92 Å². The van der Waals surface area contributed by atoms with E-state index < -0.39 is 23.5 Å². The van der Waals surface area contributed by atoms with E-state index >= 15 is 0 Å². The van der Waals surface area contributed by atoms with E-state index in [0.717, 1.165) is 0 Å². The van der Waals surface area contributed by atoms with Crippen molar-refractivity contribution in [3.8, 4) is 17.2 Å². The maximum Gasteiger partial charge on any atom is 0.295 e. The number of nitrogens with zero attached hydrogens (tertiary/aromatic N) is 1. The van der Waals surface area contributed by atoms with Gasteiger partial charge in [0.2, 0.25) is 0 Å². The number of benzene rings is 3. The molecule has 0 aliphatic carbocycles. The van der Waals surface area contributed by atoms with E-state index in [1.54, 1.807) is 30.3 Å². The van der Waals surface area contributed by atoms with Crippen LogP contribution in [0.5, 0.6) is 17.2 Å². The highest BCUT2D eigenvalue weighted by Crippen LogP contribution is 2.43. The Kier molecular flexibility index (Phi) is 7.69. The van der Waals surface area contributed by atoms with Crippen molar-refractivity contribution in [3.05, 3.63) is 93.8 Å². The number of amides is 1. The van der Waals surface area contributed by atoms with Gasteiger partial charge in [0.15, 0.2) is 11.5 Å². The predicted molar refractivity (Wildman–Crippen MR) is 136 cm³/mol. The molecule has 0 radical (unpaired) electrons. The average Bonchev–Trinajstić information content (AvgIpc) is 3.14. The Labute approximate surface area is 218 Å². The van der Waals surface area contributed by atoms with E-state index in [0.29, 0.717) is 35.0 Å². The largest absolute Gasteiger partial charge is 0.507 e. The molecule has 7 nitrogen and oxygen atoms in total. The van der Waals surface area contributed by atoms with Crippen molar-refractivity contribution in [1.82, 2.24) is 4.90 Å². The molecule has 0 saturated carbocycles. The second-order valence-electron chi connectivity index (χ2n) is 8.25. The molecule has 9 heteroatoms. The number of ether oxygens (including phenoxy) is 3. The first kappa shape index (κ1) is 26.0. The Morgan fingerprint density at radius 3 is 2.27 bits per heavy atom. The van der Waals surface area contributed by atoms with Crippen LogP contribution in [0, 0.1) is 5.82 Å². The van der Waals surface area contributed by atoms with Crippen LogP contribution in [-0.4, -0.2) is 42.5 Å². The van der Waals surface area contributed by atoms with Gasteiger partial charge in [-0.25, -0.2) is 4.39 Å². The summed E-state index contributed by atoms with van der Waals surface area (Å²) in [5.41, 5.74) is 1.26. The topological polar surface area (TPSA) is 85.3 Å². The molecular formula is C28H25ClFNO6. The number of halogens is 2. The first-order chi connectivity index (χ1) is 17.8. The van der Waals surface area contributed by atoms with Crippen molar-refractivity contribution < 1.29 is 33.3 Å². The van der Waals surface area contributed by atoms with Gasteiger partial charge < -0.3 is 24.2 Å². The molecule has 1 fully saturated rings. The molecule has 4 rings (SSSR count). The van der Waals surface area contributed by atoms with E-state index in [2.05, 4.69) is 0 Å². The van der Waals surface area contributed by atoms with Gasteiger partial charge in [0.25, 0.3) is 11.7 Å². The van der Waals surface area contributed by atoms with E-state index in [-0.39, 0.29) is 28.5 Å². The number of rotatable bonds is 8. The van der Waals surface area contributed by atoms with Crippen LogP contribution in [0.4, 0.5) is 4.39 Å². The average molecular weight is 526 g/mol. The van der Waals surface area contributed by atoms with Crippen molar-refractivity contribution in [1.29, 1.82) is 0 Å². The zero-order chi connectivity index (χ0) is 26.7. The molecule has 0 aromatic heterocycles. The third-order valence-electron chi connectivity index (χ3n) is 6.03. The molecule has 1 aliphatic heterocycles. The molecule has 1 amide bonds. The molecule has 1 unspecified atom stereocenters. The molecule has 192 valence electrons. The van der Waals surface area contributed by atoms with Gasteiger partial charge >= 0.3 is 0 Å². The summed E-state index contributed by atoms with van der Waals surface area (Å²) < 4.78 is 29.7. The van der Waals surface area contributed by atoms with Crippen molar-refractivity contribution in [2.45, 2.75) is 19.5 Å². The highest BCUT2D eigenvalue weighted by atomic mass is 35.5. The van der Waals surface area contributed by atoms with Gasteiger partial charge in [0.05, 0.1) is 37.5 Å².